The summed E-state index contributed by atoms with van der Waals surface area (Å²) in [5.41, 5.74) is 3.32. The largest absolute Gasteiger partial charge is 0.484 e. The normalized spacial score (nSPS) is 11.3. The van der Waals surface area contributed by atoms with Crippen molar-refractivity contribution in [2.75, 3.05) is 13.7 Å². The van der Waals surface area contributed by atoms with Gasteiger partial charge in [-0.05, 0) is 42.2 Å². The molecule has 29 heavy (non-hydrogen) atoms. The molecule has 3 aromatic rings. The first-order valence-electron chi connectivity index (χ1n) is 9.59. The highest BCUT2D eigenvalue weighted by molar-refractivity contribution is 5.77. The Bertz CT molecular complexity index is 954. The van der Waals surface area contributed by atoms with Crippen molar-refractivity contribution in [2.24, 2.45) is 0 Å². The first-order chi connectivity index (χ1) is 13.7. The molecule has 3 rings (SSSR count). The minimum Gasteiger partial charge on any atom is -0.484 e. The summed E-state index contributed by atoms with van der Waals surface area (Å²) < 4.78 is 11.3. The zero-order valence-electron chi connectivity index (χ0n) is 17.6. The van der Waals surface area contributed by atoms with E-state index in [0.717, 1.165) is 11.1 Å². The van der Waals surface area contributed by atoms with E-state index in [-0.39, 0.29) is 24.5 Å². The maximum atomic E-state index is 12.3. The van der Waals surface area contributed by atoms with Gasteiger partial charge >= 0.3 is 0 Å². The molecule has 0 spiro atoms. The van der Waals surface area contributed by atoms with Crippen LogP contribution in [0.2, 0.25) is 0 Å². The molecule has 1 heterocycles. The zero-order valence-corrected chi connectivity index (χ0v) is 17.6. The third-order valence-corrected chi connectivity index (χ3v) is 4.65. The van der Waals surface area contributed by atoms with Crippen LogP contribution in [-0.2, 0) is 16.8 Å². The molecule has 0 saturated carbocycles. The van der Waals surface area contributed by atoms with Crippen LogP contribution in [0.25, 0.3) is 11.5 Å². The predicted molar refractivity (Wildman–Crippen MR) is 112 cm³/mol. The summed E-state index contributed by atoms with van der Waals surface area (Å²) in [5, 5.41) is 8.17. The third-order valence-electron chi connectivity index (χ3n) is 4.65. The molecule has 152 valence electrons. The number of rotatable bonds is 6. The van der Waals surface area contributed by atoms with Gasteiger partial charge in [0.25, 0.3) is 5.91 Å². The molecule has 0 bridgehead atoms. The van der Waals surface area contributed by atoms with Crippen molar-refractivity contribution < 1.29 is 13.9 Å². The Hall–Kier alpha value is -3.15. The molecule has 0 aliphatic carbocycles. The SMILES string of the molecule is Cc1ccc(OCC(=O)N(C)Cc2nnc(-c3ccc(C(C)(C)C)cc3)o2)cc1. The van der Waals surface area contributed by atoms with Crippen LogP contribution in [0.1, 0.15) is 37.8 Å². The number of benzene rings is 2. The lowest BCUT2D eigenvalue weighted by Crippen LogP contribution is -2.31. The van der Waals surface area contributed by atoms with Crippen LogP contribution >= 0.6 is 0 Å². The smallest absolute Gasteiger partial charge is 0.260 e. The number of hydrogen-bond acceptors (Lipinski definition) is 5. The van der Waals surface area contributed by atoms with Gasteiger partial charge in [0.05, 0.1) is 6.54 Å². The van der Waals surface area contributed by atoms with Crippen molar-refractivity contribution in [3.8, 4) is 17.2 Å². The standard InChI is InChI=1S/C23H27N3O3/c1-16-6-12-19(13-7-16)28-15-21(27)26(5)14-20-24-25-22(29-20)17-8-10-18(11-9-17)23(2,3)4/h6-13H,14-15H2,1-5H3. The van der Waals surface area contributed by atoms with Gasteiger partial charge in [-0.3, -0.25) is 4.79 Å². The van der Waals surface area contributed by atoms with Crippen LogP contribution in [0.3, 0.4) is 0 Å². The van der Waals surface area contributed by atoms with E-state index in [0.29, 0.717) is 17.5 Å². The molecule has 6 nitrogen and oxygen atoms in total. The molecule has 0 fully saturated rings. The molecule has 0 saturated heterocycles. The van der Waals surface area contributed by atoms with Gasteiger partial charge in [0, 0.05) is 12.6 Å². The van der Waals surface area contributed by atoms with E-state index < -0.39 is 0 Å². The second kappa shape index (κ2) is 8.47. The van der Waals surface area contributed by atoms with Crippen molar-refractivity contribution >= 4 is 5.91 Å². The van der Waals surface area contributed by atoms with Crippen molar-refractivity contribution in [2.45, 2.75) is 39.7 Å². The highest BCUT2D eigenvalue weighted by Crippen LogP contribution is 2.25. The van der Waals surface area contributed by atoms with Crippen molar-refractivity contribution in [3.05, 3.63) is 65.5 Å². The average Bonchev–Trinajstić information content (AvgIpc) is 3.15. The maximum Gasteiger partial charge on any atom is 0.260 e. The molecule has 0 aliphatic heterocycles. The molecule has 0 N–H and O–H groups in total. The van der Waals surface area contributed by atoms with Gasteiger partial charge in [-0.25, -0.2) is 0 Å². The van der Waals surface area contributed by atoms with Crippen LogP contribution in [0, 0.1) is 6.92 Å². The first-order valence-corrected chi connectivity index (χ1v) is 9.59. The van der Waals surface area contributed by atoms with Gasteiger partial charge in [0.15, 0.2) is 6.61 Å². The van der Waals surface area contributed by atoms with Crippen LogP contribution in [0.4, 0.5) is 0 Å². The Morgan fingerprint density at radius 1 is 1.03 bits per heavy atom. The molecule has 0 aliphatic rings. The van der Waals surface area contributed by atoms with Crippen LogP contribution < -0.4 is 4.74 Å². The van der Waals surface area contributed by atoms with Crippen LogP contribution in [-0.4, -0.2) is 34.7 Å². The lowest BCUT2D eigenvalue weighted by atomic mass is 9.87. The maximum absolute atomic E-state index is 12.3. The molecular weight excluding hydrogens is 366 g/mol. The number of ether oxygens (including phenoxy) is 1. The average molecular weight is 393 g/mol. The number of likely N-dealkylation sites (N-methyl/N-ethyl adjacent to an activating group) is 1. The quantitative estimate of drug-likeness (QED) is 0.622. The van der Waals surface area contributed by atoms with Crippen LogP contribution in [0.15, 0.2) is 52.9 Å². The van der Waals surface area contributed by atoms with E-state index in [1.54, 1.807) is 7.05 Å². The Kier molecular flexibility index (Phi) is 6.01. The minimum absolute atomic E-state index is 0.0468. The van der Waals surface area contributed by atoms with E-state index in [4.69, 9.17) is 9.15 Å². The number of aromatic nitrogens is 2. The molecule has 2 aromatic carbocycles. The van der Waals surface area contributed by atoms with Gasteiger partial charge in [-0.2, -0.15) is 0 Å². The molecule has 1 amide bonds. The van der Waals surface area contributed by atoms with E-state index in [1.807, 2.05) is 43.3 Å². The Balaban J connectivity index is 1.57. The number of aryl methyl sites for hydroxylation is 1. The Morgan fingerprint density at radius 2 is 1.69 bits per heavy atom. The summed E-state index contributed by atoms with van der Waals surface area (Å²) in [5.74, 6) is 1.32. The zero-order chi connectivity index (χ0) is 21.0. The third kappa shape index (κ3) is 5.44. The second-order valence-corrected chi connectivity index (χ2v) is 8.18. The molecular formula is C23H27N3O3. The summed E-state index contributed by atoms with van der Waals surface area (Å²) in [7, 11) is 1.68. The van der Waals surface area contributed by atoms with E-state index in [9.17, 15) is 4.79 Å². The Morgan fingerprint density at radius 3 is 2.31 bits per heavy atom. The fourth-order valence-corrected chi connectivity index (χ4v) is 2.73. The summed E-state index contributed by atoms with van der Waals surface area (Å²) in [6.07, 6.45) is 0. The summed E-state index contributed by atoms with van der Waals surface area (Å²) >= 11 is 0. The fourth-order valence-electron chi connectivity index (χ4n) is 2.73. The fraction of sp³-hybridized carbons (Fsp3) is 0.348. The van der Waals surface area contributed by atoms with E-state index >= 15 is 0 Å². The monoisotopic (exact) mass is 393 g/mol. The number of nitrogens with zero attached hydrogens (tertiary/aromatic N) is 3. The Labute approximate surface area is 171 Å². The topological polar surface area (TPSA) is 68.5 Å². The lowest BCUT2D eigenvalue weighted by molar-refractivity contribution is -0.132. The van der Waals surface area contributed by atoms with Gasteiger partial charge < -0.3 is 14.1 Å². The van der Waals surface area contributed by atoms with Crippen molar-refractivity contribution in [1.82, 2.24) is 15.1 Å². The highest BCUT2D eigenvalue weighted by Gasteiger charge is 2.17. The van der Waals surface area contributed by atoms with Gasteiger partial charge in [-0.15, -0.1) is 10.2 Å². The van der Waals surface area contributed by atoms with E-state index in [2.05, 4.69) is 43.1 Å². The van der Waals surface area contributed by atoms with Gasteiger partial charge in [0.2, 0.25) is 11.8 Å². The number of carbonyl (C=O) groups excluding carboxylic acids is 1. The molecule has 1 aromatic heterocycles. The highest BCUT2D eigenvalue weighted by atomic mass is 16.5. The predicted octanol–water partition coefficient (Wildman–Crippen LogP) is 4.38. The molecule has 0 unspecified atom stereocenters. The number of carbonyl (C=O) groups is 1. The number of amides is 1. The second-order valence-electron chi connectivity index (χ2n) is 8.18. The molecule has 6 heteroatoms. The lowest BCUT2D eigenvalue weighted by Gasteiger charge is -2.18. The summed E-state index contributed by atoms with van der Waals surface area (Å²) in [6, 6.07) is 15.7. The summed E-state index contributed by atoms with van der Waals surface area (Å²) in [4.78, 5) is 13.8. The van der Waals surface area contributed by atoms with Gasteiger partial charge in [-0.1, -0.05) is 50.6 Å². The number of hydrogen-bond donors (Lipinski definition) is 0. The van der Waals surface area contributed by atoms with Gasteiger partial charge in [0.1, 0.15) is 5.75 Å². The van der Waals surface area contributed by atoms with Crippen molar-refractivity contribution in [3.63, 3.8) is 0 Å². The van der Waals surface area contributed by atoms with Crippen LogP contribution in [0.5, 0.6) is 5.75 Å². The first kappa shape index (κ1) is 20.6. The van der Waals surface area contributed by atoms with E-state index in [1.165, 1.54) is 10.5 Å². The molecule has 0 atom stereocenters. The minimum atomic E-state index is -0.167. The van der Waals surface area contributed by atoms with Crippen molar-refractivity contribution in [1.29, 1.82) is 0 Å². The summed E-state index contributed by atoms with van der Waals surface area (Å²) in [6.45, 7) is 8.69. The molecule has 0 radical (unpaired) electrons.